The summed E-state index contributed by atoms with van der Waals surface area (Å²) >= 11 is 0. The summed E-state index contributed by atoms with van der Waals surface area (Å²) in [6.45, 7) is 4.52. The van der Waals surface area contributed by atoms with Crippen molar-refractivity contribution < 1.29 is 19.7 Å². The molecule has 27 heavy (non-hydrogen) atoms. The summed E-state index contributed by atoms with van der Waals surface area (Å²) in [5.41, 5.74) is -0.669. The van der Waals surface area contributed by atoms with Crippen LogP contribution >= 0.6 is 0 Å². The van der Waals surface area contributed by atoms with Gasteiger partial charge in [-0.3, -0.25) is 4.90 Å². The van der Waals surface area contributed by atoms with E-state index in [1.807, 2.05) is 7.11 Å². The predicted octanol–water partition coefficient (Wildman–Crippen LogP) is 1.51. The molecule has 152 valence electrons. The average Bonchev–Trinajstić information content (AvgIpc) is 3.06. The molecule has 5 aliphatic carbocycles. The molecule has 0 aromatic rings. The number of aliphatic hydroxyl groups is 2. The van der Waals surface area contributed by atoms with E-state index in [4.69, 9.17) is 9.47 Å². The van der Waals surface area contributed by atoms with Crippen molar-refractivity contribution in [2.24, 2.45) is 40.9 Å². The Morgan fingerprint density at radius 3 is 2.59 bits per heavy atom. The molecule has 1 heterocycles. The smallest absolute Gasteiger partial charge is 0.0771 e. The second-order valence-electron chi connectivity index (χ2n) is 10.5. The largest absolute Gasteiger partial charge is 0.392 e. The van der Waals surface area contributed by atoms with Gasteiger partial charge in [-0.2, -0.15) is 0 Å². The monoisotopic (exact) mass is 377 g/mol. The molecule has 5 saturated carbocycles. The van der Waals surface area contributed by atoms with Crippen LogP contribution < -0.4 is 0 Å². The highest BCUT2D eigenvalue weighted by Crippen LogP contribution is 2.77. The number of fused-ring (bicyclic) bond motifs is 2. The van der Waals surface area contributed by atoms with E-state index in [9.17, 15) is 10.2 Å². The number of rotatable bonds is 3. The van der Waals surface area contributed by atoms with Gasteiger partial charge in [0.15, 0.2) is 0 Å². The first-order chi connectivity index (χ1) is 13.0. The molecule has 12 atom stereocenters. The van der Waals surface area contributed by atoms with E-state index in [2.05, 4.69) is 11.8 Å². The van der Waals surface area contributed by atoms with Gasteiger partial charge >= 0.3 is 0 Å². The number of likely N-dealkylation sites (tertiary alicyclic amines) is 1. The maximum atomic E-state index is 12.2. The van der Waals surface area contributed by atoms with Crippen LogP contribution in [0, 0.1) is 40.9 Å². The Bertz CT molecular complexity index is 644. The summed E-state index contributed by atoms with van der Waals surface area (Å²) in [4.78, 5) is 2.69. The van der Waals surface area contributed by atoms with E-state index in [0.29, 0.717) is 24.3 Å². The van der Waals surface area contributed by atoms with Gasteiger partial charge in [0.1, 0.15) is 0 Å². The Labute approximate surface area is 162 Å². The Morgan fingerprint density at radius 2 is 1.89 bits per heavy atom. The highest BCUT2D eigenvalue weighted by atomic mass is 16.5. The lowest BCUT2D eigenvalue weighted by molar-refractivity contribution is -0.259. The highest BCUT2D eigenvalue weighted by molar-refractivity contribution is 5.31. The molecule has 2 N–H and O–H groups in total. The maximum Gasteiger partial charge on any atom is 0.0771 e. The molecule has 5 heteroatoms. The van der Waals surface area contributed by atoms with E-state index in [1.54, 1.807) is 7.11 Å². The van der Waals surface area contributed by atoms with Crippen LogP contribution in [0.5, 0.6) is 0 Å². The summed E-state index contributed by atoms with van der Waals surface area (Å²) in [6.07, 6.45) is 5.04. The zero-order chi connectivity index (χ0) is 18.7. The third-order valence-electron chi connectivity index (χ3n) is 10.5. The molecule has 0 radical (unpaired) electrons. The minimum absolute atomic E-state index is 0.00774. The molecule has 1 spiro atoms. The quantitative estimate of drug-likeness (QED) is 0.781. The number of methoxy groups -OCH3 is 2. The van der Waals surface area contributed by atoms with Gasteiger partial charge in [0.25, 0.3) is 0 Å². The van der Waals surface area contributed by atoms with Crippen molar-refractivity contribution in [3.63, 3.8) is 0 Å². The lowest BCUT2D eigenvalue weighted by atomic mass is 9.46. The van der Waals surface area contributed by atoms with Crippen molar-refractivity contribution in [1.29, 1.82) is 0 Å². The molecule has 6 fully saturated rings. The zero-order valence-corrected chi connectivity index (χ0v) is 16.9. The zero-order valence-electron chi connectivity index (χ0n) is 16.9. The van der Waals surface area contributed by atoms with Gasteiger partial charge in [-0.05, 0) is 50.0 Å². The SMILES string of the molecule is CCN1C[C@@H]2CCC(OC)C34[C@@H]2CC([C@@H]13)[C@@]1(O)C[C@H](OC)[C@H]2C[C@@H]4[C@@H]1[C@H]2O. The summed E-state index contributed by atoms with van der Waals surface area (Å²) < 4.78 is 12.1. The first kappa shape index (κ1) is 17.6. The molecule has 6 aliphatic rings. The maximum absolute atomic E-state index is 12.2. The fraction of sp³-hybridized carbons (Fsp3) is 1.00. The van der Waals surface area contributed by atoms with E-state index in [0.717, 1.165) is 31.7 Å². The third-order valence-corrected chi connectivity index (χ3v) is 10.5. The van der Waals surface area contributed by atoms with Crippen LogP contribution in [0.15, 0.2) is 0 Å². The lowest BCUT2D eigenvalue weighted by Crippen LogP contribution is -2.74. The first-order valence-corrected chi connectivity index (χ1v) is 11.2. The van der Waals surface area contributed by atoms with E-state index < -0.39 is 11.7 Å². The fourth-order valence-electron chi connectivity index (χ4n) is 9.96. The normalized spacial score (nSPS) is 63.4. The summed E-state index contributed by atoms with van der Waals surface area (Å²) in [7, 11) is 3.65. The molecular formula is C22H35NO4. The van der Waals surface area contributed by atoms with Crippen molar-refractivity contribution in [2.45, 2.75) is 69.0 Å². The summed E-state index contributed by atoms with van der Waals surface area (Å²) in [6, 6.07) is 0.404. The summed E-state index contributed by atoms with van der Waals surface area (Å²) in [5, 5.41) is 23.5. The standard InChI is InChI=1S/C22H35NO4/c1-4-23-10-11-5-6-17(27-3)22-13(11)8-15(20(22)23)21(25)9-16(26-2)12-7-14(22)18(21)19(12)24/h11-20,24-25H,4-10H2,1-3H3/t11-,12+,13+,14+,15?,16-,17?,18+,19-,20+,21-,22?/m0/s1. The molecule has 3 unspecified atom stereocenters. The Kier molecular flexibility index (Phi) is 3.58. The third kappa shape index (κ3) is 1.73. The Balaban J connectivity index is 1.57. The second-order valence-corrected chi connectivity index (χ2v) is 10.5. The topological polar surface area (TPSA) is 62.2 Å². The van der Waals surface area contributed by atoms with Crippen molar-refractivity contribution in [2.75, 3.05) is 27.3 Å². The van der Waals surface area contributed by atoms with Crippen LogP contribution in [-0.4, -0.2) is 72.4 Å². The van der Waals surface area contributed by atoms with Crippen LogP contribution in [0.4, 0.5) is 0 Å². The van der Waals surface area contributed by atoms with E-state index >= 15 is 0 Å². The van der Waals surface area contributed by atoms with Gasteiger partial charge in [-0.25, -0.2) is 0 Å². The molecule has 7 bridgehead atoms. The van der Waals surface area contributed by atoms with Crippen LogP contribution in [0.25, 0.3) is 0 Å². The first-order valence-electron chi connectivity index (χ1n) is 11.2. The number of hydrogen-bond acceptors (Lipinski definition) is 5. The summed E-state index contributed by atoms with van der Waals surface area (Å²) in [5.74, 6) is 2.17. The lowest BCUT2D eigenvalue weighted by Gasteiger charge is -2.67. The number of hydrogen-bond donors (Lipinski definition) is 2. The molecular weight excluding hydrogens is 342 g/mol. The van der Waals surface area contributed by atoms with Crippen LogP contribution in [0.3, 0.4) is 0 Å². The van der Waals surface area contributed by atoms with E-state index in [-0.39, 0.29) is 35.4 Å². The van der Waals surface area contributed by atoms with Gasteiger partial charge < -0.3 is 19.7 Å². The predicted molar refractivity (Wildman–Crippen MR) is 100 cm³/mol. The van der Waals surface area contributed by atoms with Gasteiger partial charge in [-0.1, -0.05) is 6.92 Å². The highest BCUT2D eigenvalue weighted by Gasteiger charge is 2.81. The van der Waals surface area contributed by atoms with E-state index in [1.165, 1.54) is 13.0 Å². The van der Waals surface area contributed by atoms with Crippen molar-refractivity contribution in [3.8, 4) is 0 Å². The number of ether oxygens (including phenoxy) is 2. The average molecular weight is 378 g/mol. The van der Waals surface area contributed by atoms with Crippen LogP contribution in [-0.2, 0) is 9.47 Å². The molecule has 6 rings (SSSR count). The molecule has 0 aromatic heterocycles. The number of nitrogens with zero attached hydrogens (tertiary/aromatic N) is 1. The Morgan fingerprint density at radius 1 is 1.07 bits per heavy atom. The number of aliphatic hydroxyl groups excluding tert-OH is 1. The van der Waals surface area contributed by atoms with Crippen molar-refractivity contribution >= 4 is 0 Å². The molecule has 1 aliphatic heterocycles. The molecule has 5 nitrogen and oxygen atoms in total. The minimum atomic E-state index is -0.786. The second kappa shape index (κ2) is 5.48. The van der Waals surface area contributed by atoms with Gasteiger partial charge in [-0.15, -0.1) is 0 Å². The van der Waals surface area contributed by atoms with Crippen molar-refractivity contribution in [3.05, 3.63) is 0 Å². The fourth-order valence-corrected chi connectivity index (χ4v) is 9.96. The van der Waals surface area contributed by atoms with Crippen molar-refractivity contribution in [1.82, 2.24) is 4.90 Å². The molecule has 1 saturated heterocycles. The van der Waals surface area contributed by atoms with Gasteiger partial charge in [0, 0.05) is 56.4 Å². The van der Waals surface area contributed by atoms with Gasteiger partial charge in [0.05, 0.1) is 23.9 Å². The molecule has 0 aromatic carbocycles. The van der Waals surface area contributed by atoms with Crippen LogP contribution in [0.2, 0.25) is 0 Å². The van der Waals surface area contributed by atoms with Gasteiger partial charge in [0.2, 0.25) is 0 Å². The minimum Gasteiger partial charge on any atom is -0.392 e. The van der Waals surface area contributed by atoms with Crippen LogP contribution in [0.1, 0.15) is 39.0 Å². The Hall–Kier alpha value is -0.200. The molecule has 0 amide bonds. The number of piperidine rings is 1.